The van der Waals surface area contributed by atoms with Gasteiger partial charge in [-0.15, -0.1) is 0 Å². The summed E-state index contributed by atoms with van der Waals surface area (Å²) in [5.74, 6) is 0.135. The Kier molecular flexibility index (Phi) is 5.41. The number of carbonyl (C=O) groups is 1. The van der Waals surface area contributed by atoms with Gasteiger partial charge in [0.1, 0.15) is 5.60 Å². The summed E-state index contributed by atoms with van der Waals surface area (Å²) < 4.78 is 5.34. The number of carbonyl (C=O) groups excluding carboxylic acids is 1. The summed E-state index contributed by atoms with van der Waals surface area (Å²) in [5.41, 5.74) is 0.591. The van der Waals surface area contributed by atoms with Crippen LogP contribution in [0.3, 0.4) is 0 Å². The molecule has 2 atom stereocenters. The Bertz CT molecular complexity index is 333. The SMILES string of the molecule is C=C(CC)CC(O)C1CCN(C(=O)OC(C)(C)C)C1. The van der Waals surface area contributed by atoms with E-state index in [4.69, 9.17) is 4.74 Å². The third-order valence-electron chi connectivity index (χ3n) is 3.42. The Labute approximate surface area is 116 Å². The van der Waals surface area contributed by atoms with Crippen molar-refractivity contribution in [1.29, 1.82) is 0 Å². The third kappa shape index (κ3) is 5.23. The molecule has 0 aromatic rings. The molecule has 1 amide bonds. The van der Waals surface area contributed by atoms with E-state index >= 15 is 0 Å². The zero-order valence-electron chi connectivity index (χ0n) is 12.6. The highest BCUT2D eigenvalue weighted by Gasteiger charge is 2.33. The summed E-state index contributed by atoms with van der Waals surface area (Å²) in [7, 11) is 0. The van der Waals surface area contributed by atoms with Crippen LogP contribution in [0.2, 0.25) is 0 Å². The molecule has 4 nitrogen and oxygen atoms in total. The van der Waals surface area contributed by atoms with Crippen molar-refractivity contribution >= 4 is 6.09 Å². The summed E-state index contributed by atoms with van der Waals surface area (Å²) in [6, 6.07) is 0. The molecule has 1 fully saturated rings. The monoisotopic (exact) mass is 269 g/mol. The number of hydrogen-bond acceptors (Lipinski definition) is 3. The van der Waals surface area contributed by atoms with E-state index in [-0.39, 0.29) is 12.0 Å². The van der Waals surface area contributed by atoms with E-state index in [1.165, 1.54) is 0 Å². The van der Waals surface area contributed by atoms with E-state index in [1.54, 1.807) is 4.90 Å². The van der Waals surface area contributed by atoms with Gasteiger partial charge in [-0.3, -0.25) is 0 Å². The second kappa shape index (κ2) is 6.42. The summed E-state index contributed by atoms with van der Waals surface area (Å²) in [6.07, 6.45) is 1.66. The number of rotatable bonds is 4. The lowest BCUT2D eigenvalue weighted by Crippen LogP contribution is -2.36. The fourth-order valence-corrected chi connectivity index (χ4v) is 2.20. The van der Waals surface area contributed by atoms with E-state index in [2.05, 4.69) is 6.58 Å². The van der Waals surface area contributed by atoms with Gasteiger partial charge in [-0.1, -0.05) is 19.1 Å². The smallest absolute Gasteiger partial charge is 0.410 e. The molecule has 19 heavy (non-hydrogen) atoms. The second-order valence-corrected chi connectivity index (χ2v) is 6.35. The van der Waals surface area contributed by atoms with Crippen molar-refractivity contribution < 1.29 is 14.6 Å². The number of amides is 1. The van der Waals surface area contributed by atoms with Crippen molar-refractivity contribution in [3.8, 4) is 0 Å². The number of likely N-dealkylation sites (tertiary alicyclic amines) is 1. The lowest BCUT2D eigenvalue weighted by atomic mass is 9.95. The van der Waals surface area contributed by atoms with Crippen LogP contribution in [0, 0.1) is 5.92 Å². The van der Waals surface area contributed by atoms with Crippen molar-refractivity contribution in [2.75, 3.05) is 13.1 Å². The van der Waals surface area contributed by atoms with E-state index in [0.29, 0.717) is 19.5 Å². The van der Waals surface area contributed by atoms with Crippen molar-refractivity contribution in [3.63, 3.8) is 0 Å². The van der Waals surface area contributed by atoms with Gasteiger partial charge < -0.3 is 14.7 Å². The molecular weight excluding hydrogens is 242 g/mol. The minimum atomic E-state index is -0.468. The van der Waals surface area contributed by atoms with E-state index in [9.17, 15) is 9.90 Å². The maximum atomic E-state index is 11.9. The van der Waals surface area contributed by atoms with Crippen LogP contribution in [0.5, 0.6) is 0 Å². The highest BCUT2D eigenvalue weighted by molar-refractivity contribution is 5.68. The first kappa shape index (κ1) is 16.0. The quantitative estimate of drug-likeness (QED) is 0.798. The molecule has 110 valence electrons. The predicted molar refractivity (Wildman–Crippen MR) is 76.0 cm³/mol. The fourth-order valence-electron chi connectivity index (χ4n) is 2.20. The van der Waals surface area contributed by atoms with E-state index in [1.807, 2.05) is 27.7 Å². The van der Waals surface area contributed by atoms with Gasteiger partial charge >= 0.3 is 6.09 Å². The standard InChI is InChI=1S/C15H27NO3/c1-6-11(2)9-13(17)12-7-8-16(10-12)14(18)19-15(3,4)5/h12-13,17H,2,6-10H2,1,3-5H3. The van der Waals surface area contributed by atoms with Crippen LogP contribution in [0.15, 0.2) is 12.2 Å². The molecule has 0 radical (unpaired) electrons. The zero-order valence-corrected chi connectivity index (χ0v) is 12.6. The van der Waals surface area contributed by atoms with Gasteiger partial charge in [0.15, 0.2) is 0 Å². The Morgan fingerprint density at radius 2 is 2.16 bits per heavy atom. The zero-order chi connectivity index (χ0) is 14.6. The number of hydrogen-bond donors (Lipinski definition) is 1. The molecule has 1 N–H and O–H groups in total. The Morgan fingerprint density at radius 3 is 2.68 bits per heavy atom. The molecule has 0 aliphatic carbocycles. The summed E-state index contributed by atoms with van der Waals surface area (Å²) >= 11 is 0. The first-order chi connectivity index (χ1) is 8.73. The molecule has 1 aliphatic heterocycles. The van der Waals surface area contributed by atoms with Gasteiger partial charge in [0, 0.05) is 19.0 Å². The molecule has 0 saturated carbocycles. The molecule has 0 aromatic carbocycles. The second-order valence-electron chi connectivity index (χ2n) is 6.35. The van der Waals surface area contributed by atoms with Crippen molar-refractivity contribution in [1.82, 2.24) is 4.90 Å². The van der Waals surface area contributed by atoms with Crippen LogP contribution in [0.4, 0.5) is 4.79 Å². The van der Waals surface area contributed by atoms with Crippen LogP contribution in [-0.2, 0) is 4.74 Å². The highest BCUT2D eigenvalue weighted by Crippen LogP contribution is 2.25. The van der Waals surface area contributed by atoms with Crippen LogP contribution < -0.4 is 0 Å². The van der Waals surface area contributed by atoms with Gasteiger partial charge in [0.05, 0.1) is 6.10 Å². The average molecular weight is 269 g/mol. The van der Waals surface area contributed by atoms with Gasteiger partial charge in [-0.25, -0.2) is 4.79 Å². The molecule has 0 spiro atoms. The first-order valence-corrected chi connectivity index (χ1v) is 7.05. The first-order valence-electron chi connectivity index (χ1n) is 7.05. The molecule has 1 heterocycles. The van der Waals surface area contributed by atoms with Crippen LogP contribution >= 0.6 is 0 Å². The lowest BCUT2D eigenvalue weighted by Gasteiger charge is -2.25. The molecule has 0 bridgehead atoms. The largest absolute Gasteiger partial charge is 0.444 e. The van der Waals surface area contributed by atoms with Crippen molar-refractivity contribution in [2.24, 2.45) is 5.92 Å². The van der Waals surface area contributed by atoms with Gasteiger partial charge in [0.2, 0.25) is 0 Å². The summed E-state index contributed by atoms with van der Waals surface area (Å²) in [4.78, 5) is 13.6. The minimum Gasteiger partial charge on any atom is -0.444 e. The number of ether oxygens (including phenoxy) is 1. The molecule has 1 rings (SSSR count). The van der Waals surface area contributed by atoms with Gasteiger partial charge in [0.25, 0.3) is 0 Å². The summed E-state index contributed by atoms with van der Waals surface area (Å²) in [6.45, 7) is 12.8. The maximum absolute atomic E-state index is 11.9. The van der Waals surface area contributed by atoms with E-state index in [0.717, 1.165) is 18.4 Å². The summed E-state index contributed by atoms with van der Waals surface area (Å²) in [5, 5.41) is 10.1. The molecule has 4 heteroatoms. The van der Waals surface area contributed by atoms with E-state index < -0.39 is 11.7 Å². The maximum Gasteiger partial charge on any atom is 0.410 e. The normalized spacial score (nSPS) is 21.3. The van der Waals surface area contributed by atoms with Crippen LogP contribution in [-0.4, -0.2) is 40.9 Å². The Hall–Kier alpha value is -1.03. The molecular formula is C15H27NO3. The average Bonchev–Trinajstić information content (AvgIpc) is 2.75. The van der Waals surface area contributed by atoms with Crippen molar-refractivity contribution in [3.05, 3.63) is 12.2 Å². The Morgan fingerprint density at radius 1 is 1.53 bits per heavy atom. The van der Waals surface area contributed by atoms with Crippen molar-refractivity contribution in [2.45, 2.75) is 58.7 Å². The minimum absolute atomic E-state index is 0.135. The van der Waals surface area contributed by atoms with Crippen LogP contribution in [0.1, 0.15) is 47.0 Å². The molecule has 1 aliphatic rings. The topological polar surface area (TPSA) is 49.8 Å². The highest BCUT2D eigenvalue weighted by atomic mass is 16.6. The lowest BCUT2D eigenvalue weighted by molar-refractivity contribution is 0.0269. The predicted octanol–water partition coefficient (Wildman–Crippen LogP) is 2.96. The van der Waals surface area contributed by atoms with Gasteiger partial charge in [-0.05, 0) is 40.0 Å². The molecule has 0 aromatic heterocycles. The van der Waals surface area contributed by atoms with Crippen LogP contribution in [0.25, 0.3) is 0 Å². The number of aliphatic hydroxyl groups excluding tert-OH is 1. The fraction of sp³-hybridized carbons (Fsp3) is 0.800. The Balaban J connectivity index is 2.45. The molecule has 2 unspecified atom stereocenters. The van der Waals surface area contributed by atoms with Gasteiger partial charge in [-0.2, -0.15) is 0 Å². The third-order valence-corrected chi connectivity index (χ3v) is 3.42. The number of nitrogens with zero attached hydrogens (tertiary/aromatic N) is 1. The number of aliphatic hydroxyl groups is 1. The molecule has 1 saturated heterocycles.